The minimum atomic E-state index is -0.0370. The van der Waals surface area contributed by atoms with Gasteiger partial charge in [-0.05, 0) is 67.1 Å². The van der Waals surface area contributed by atoms with Crippen LogP contribution in [0.1, 0.15) is 28.9 Å². The Balaban J connectivity index is 1.40. The summed E-state index contributed by atoms with van der Waals surface area (Å²) in [5.74, 6) is 1.93. The van der Waals surface area contributed by atoms with Gasteiger partial charge >= 0.3 is 0 Å². The highest BCUT2D eigenvalue weighted by molar-refractivity contribution is 5.92. The zero-order chi connectivity index (χ0) is 19.2. The Labute approximate surface area is 163 Å². The standard InChI is InChI=1S/C21H22N6O/c28-21(18-6-3-10-24-26-18)27-12-4-5-17(15-27)13-16-8-11-23-20(14-16)25-19-7-1-2-9-22-19/h1-3,6-11,14,17H,4-5,12-13,15H2,(H,22,23,25)/t17-/m1/s1. The number of likely N-dealkylation sites (tertiary alicyclic amines) is 1. The lowest BCUT2D eigenvalue weighted by molar-refractivity contribution is 0.0666. The Morgan fingerprint density at radius 3 is 2.82 bits per heavy atom. The number of piperidine rings is 1. The van der Waals surface area contributed by atoms with Gasteiger partial charge in [0.25, 0.3) is 5.91 Å². The van der Waals surface area contributed by atoms with Crippen LogP contribution in [0.5, 0.6) is 0 Å². The highest BCUT2D eigenvalue weighted by Crippen LogP contribution is 2.23. The van der Waals surface area contributed by atoms with Crippen molar-refractivity contribution < 1.29 is 4.79 Å². The van der Waals surface area contributed by atoms with Crippen LogP contribution in [-0.2, 0) is 6.42 Å². The molecule has 0 spiro atoms. The van der Waals surface area contributed by atoms with Crippen molar-refractivity contribution in [1.82, 2.24) is 25.1 Å². The Kier molecular flexibility index (Phi) is 5.51. The van der Waals surface area contributed by atoms with E-state index in [0.717, 1.165) is 44.0 Å². The lowest BCUT2D eigenvalue weighted by Crippen LogP contribution is -2.40. The van der Waals surface area contributed by atoms with Gasteiger partial charge in [-0.15, -0.1) is 5.10 Å². The average molecular weight is 374 g/mol. The second-order valence-electron chi connectivity index (χ2n) is 6.96. The van der Waals surface area contributed by atoms with Crippen LogP contribution in [0.3, 0.4) is 0 Å². The second-order valence-corrected chi connectivity index (χ2v) is 6.96. The minimum absolute atomic E-state index is 0.0370. The molecule has 1 N–H and O–H groups in total. The molecule has 1 aliphatic rings. The number of rotatable bonds is 5. The molecule has 1 amide bonds. The van der Waals surface area contributed by atoms with Gasteiger partial charge in [0.15, 0.2) is 5.69 Å². The summed E-state index contributed by atoms with van der Waals surface area (Å²) in [6, 6.07) is 13.3. The molecule has 0 bridgehead atoms. The van der Waals surface area contributed by atoms with Crippen molar-refractivity contribution in [2.45, 2.75) is 19.3 Å². The molecule has 4 rings (SSSR count). The quantitative estimate of drug-likeness (QED) is 0.739. The molecule has 0 aromatic carbocycles. The van der Waals surface area contributed by atoms with Crippen molar-refractivity contribution in [1.29, 1.82) is 0 Å². The summed E-state index contributed by atoms with van der Waals surface area (Å²) in [7, 11) is 0. The first-order valence-electron chi connectivity index (χ1n) is 9.48. The zero-order valence-electron chi connectivity index (χ0n) is 15.5. The SMILES string of the molecule is O=C(c1cccnn1)N1CCC[C@H](Cc2ccnc(Nc3ccccn3)c2)C1. The summed E-state index contributed by atoms with van der Waals surface area (Å²) in [5, 5.41) is 11.0. The molecule has 1 fully saturated rings. The van der Waals surface area contributed by atoms with E-state index in [0.29, 0.717) is 11.6 Å². The van der Waals surface area contributed by atoms with E-state index in [4.69, 9.17) is 0 Å². The Morgan fingerprint density at radius 2 is 2.00 bits per heavy atom. The highest BCUT2D eigenvalue weighted by Gasteiger charge is 2.25. The van der Waals surface area contributed by atoms with E-state index < -0.39 is 0 Å². The van der Waals surface area contributed by atoms with Gasteiger partial charge in [-0.25, -0.2) is 9.97 Å². The molecule has 142 valence electrons. The molecule has 0 unspecified atom stereocenters. The minimum Gasteiger partial charge on any atom is -0.337 e. The van der Waals surface area contributed by atoms with Crippen LogP contribution in [0.4, 0.5) is 11.6 Å². The predicted octanol–water partition coefficient (Wildman–Crippen LogP) is 3.11. The summed E-state index contributed by atoms with van der Waals surface area (Å²) in [4.78, 5) is 23.2. The summed E-state index contributed by atoms with van der Waals surface area (Å²) in [5.41, 5.74) is 1.61. The smallest absolute Gasteiger partial charge is 0.274 e. The number of amides is 1. The van der Waals surface area contributed by atoms with Gasteiger partial charge in [0.2, 0.25) is 0 Å². The molecule has 7 heteroatoms. The number of nitrogens with zero attached hydrogens (tertiary/aromatic N) is 5. The van der Waals surface area contributed by atoms with E-state index in [1.807, 2.05) is 35.4 Å². The molecule has 0 aliphatic carbocycles. The van der Waals surface area contributed by atoms with Crippen molar-refractivity contribution in [3.8, 4) is 0 Å². The van der Waals surface area contributed by atoms with Crippen molar-refractivity contribution in [2.75, 3.05) is 18.4 Å². The van der Waals surface area contributed by atoms with Crippen LogP contribution in [0, 0.1) is 5.92 Å². The Morgan fingerprint density at radius 1 is 1.07 bits per heavy atom. The first-order valence-corrected chi connectivity index (χ1v) is 9.48. The van der Waals surface area contributed by atoms with Crippen LogP contribution in [0.15, 0.2) is 61.1 Å². The van der Waals surface area contributed by atoms with Crippen molar-refractivity contribution in [3.05, 3.63) is 72.3 Å². The molecule has 0 saturated carbocycles. The number of aromatic nitrogens is 4. The van der Waals surface area contributed by atoms with E-state index >= 15 is 0 Å². The van der Waals surface area contributed by atoms with Crippen LogP contribution in [0.25, 0.3) is 0 Å². The highest BCUT2D eigenvalue weighted by atomic mass is 16.2. The third kappa shape index (κ3) is 4.49. The summed E-state index contributed by atoms with van der Waals surface area (Å²) in [6.07, 6.45) is 8.15. The first kappa shape index (κ1) is 18.0. The van der Waals surface area contributed by atoms with Gasteiger partial charge < -0.3 is 10.2 Å². The maximum atomic E-state index is 12.7. The van der Waals surface area contributed by atoms with Crippen molar-refractivity contribution in [3.63, 3.8) is 0 Å². The fourth-order valence-corrected chi connectivity index (χ4v) is 3.56. The molecule has 1 saturated heterocycles. The van der Waals surface area contributed by atoms with Gasteiger partial charge in [-0.2, -0.15) is 5.10 Å². The number of carbonyl (C=O) groups excluding carboxylic acids is 1. The molecule has 0 radical (unpaired) electrons. The summed E-state index contributed by atoms with van der Waals surface area (Å²) < 4.78 is 0. The fourth-order valence-electron chi connectivity index (χ4n) is 3.56. The van der Waals surface area contributed by atoms with E-state index in [1.54, 1.807) is 24.5 Å². The number of nitrogens with one attached hydrogen (secondary N) is 1. The van der Waals surface area contributed by atoms with Crippen LogP contribution < -0.4 is 5.32 Å². The number of hydrogen-bond acceptors (Lipinski definition) is 6. The van der Waals surface area contributed by atoms with Gasteiger partial charge in [0, 0.05) is 31.7 Å². The lowest BCUT2D eigenvalue weighted by Gasteiger charge is -2.32. The Bertz CT molecular complexity index is 918. The molecule has 4 heterocycles. The third-order valence-electron chi connectivity index (χ3n) is 4.87. The van der Waals surface area contributed by atoms with E-state index in [-0.39, 0.29) is 5.91 Å². The van der Waals surface area contributed by atoms with Gasteiger partial charge in [0.05, 0.1) is 0 Å². The fraction of sp³-hybridized carbons (Fsp3) is 0.286. The predicted molar refractivity (Wildman–Crippen MR) is 106 cm³/mol. The maximum Gasteiger partial charge on any atom is 0.274 e. The molecular weight excluding hydrogens is 352 g/mol. The molecular formula is C21H22N6O. The topological polar surface area (TPSA) is 83.9 Å². The van der Waals surface area contributed by atoms with Gasteiger partial charge in [-0.1, -0.05) is 6.07 Å². The monoisotopic (exact) mass is 374 g/mol. The largest absolute Gasteiger partial charge is 0.337 e. The summed E-state index contributed by atoms with van der Waals surface area (Å²) in [6.45, 7) is 1.51. The Hall–Kier alpha value is -3.35. The van der Waals surface area contributed by atoms with Crippen molar-refractivity contribution >= 4 is 17.5 Å². The molecule has 3 aromatic rings. The number of hydrogen-bond donors (Lipinski definition) is 1. The number of pyridine rings is 2. The van der Waals surface area contributed by atoms with Crippen LogP contribution in [-0.4, -0.2) is 44.1 Å². The molecule has 3 aromatic heterocycles. The number of carbonyl (C=O) groups is 1. The second kappa shape index (κ2) is 8.56. The molecule has 7 nitrogen and oxygen atoms in total. The first-order chi connectivity index (χ1) is 13.8. The maximum absolute atomic E-state index is 12.7. The normalized spacial score (nSPS) is 16.6. The van der Waals surface area contributed by atoms with Gasteiger partial charge in [-0.3, -0.25) is 4.79 Å². The zero-order valence-corrected chi connectivity index (χ0v) is 15.5. The van der Waals surface area contributed by atoms with E-state index in [2.05, 4.69) is 31.5 Å². The van der Waals surface area contributed by atoms with E-state index in [1.165, 1.54) is 5.56 Å². The number of anilines is 2. The van der Waals surface area contributed by atoms with Crippen molar-refractivity contribution in [2.24, 2.45) is 5.92 Å². The molecule has 28 heavy (non-hydrogen) atoms. The average Bonchev–Trinajstić information content (AvgIpc) is 2.75. The van der Waals surface area contributed by atoms with Crippen LogP contribution in [0.2, 0.25) is 0 Å². The molecule has 1 aliphatic heterocycles. The lowest BCUT2D eigenvalue weighted by atomic mass is 9.91. The van der Waals surface area contributed by atoms with E-state index in [9.17, 15) is 4.79 Å². The third-order valence-corrected chi connectivity index (χ3v) is 4.87. The van der Waals surface area contributed by atoms with Gasteiger partial charge in [0.1, 0.15) is 11.6 Å². The van der Waals surface area contributed by atoms with Crippen LogP contribution >= 0.6 is 0 Å². The molecule has 1 atom stereocenters. The summed E-state index contributed by atoms with van der Waals surface area (Å²) >= 11 is 0.